The lowest BCUT2D eigenvalue weighted by atomic mass is 10.0. The molecule has 2 aromatic carbocycles. The molecule has 1 heterocycles. The van der Waals surface area contributed by atoms with Crippen LogP contribution in [-0.4, -0.2) is 56.6 Å². The Morgan fingerprint density at radius 1 is 1.00 bits per heavy atom. The number of benzene rings is 2. The van der Waals surface area contributed by atoms with E-state index in [1.807, 2.05) is 0 Å². The predicted molar refractivity (Wildman–Crippen MR) is 92.0 cm³/mol. The highest BCUT2D eigenvalue weighted by atomic mass is 16.7. The molecule has 0 radical (unpaired) electrons. The molecule has 1 aliphatic heterocycles. The number of aliphatic hydroxyl groups excluding tert-OH is 4. The van der Waals surface area contributed by atoms with Crippen molar-refractivity contribution in [3.05, 3.63) is 69.8 Å². The highest BCUT2D eigenvalue weighted by Crippen LogP contribution is 2.27. The van der Waals surface area contributed by atoms with Crippen molar-refractivity contribution in [2.45, 2.75) is 30.7 Å². The first-order chi connectivity index (χ1) is 12.9. The molecule has 1 unspecified atom stereocenters. The molecular weight excluding hydrogens is 358 g/mol. The molecule has 2 aromatic rings. The number of non-ortho nitro benzene ring substituents is 1. The predicted octanol–water partition coefficient (Wildman–Crippen LogP) is 0.494. The first-order valence-electron chi connectivity index (χ1n) is 8.21. The van der Waals surface area contributed by atoms with Crippen molar-refractivity contribution < 1.29 is 34.8 Å². The van der Waals surface area contributed by atoms with Crippen molar-refractivity contribution in [1.82, 2.24) is 0 Å². The number of hydrogen-bond donors (Lipinski definition) is 4. The Balaban J connectivity index is 1.67. The van der Waals surface area contributed by atoms with Crippen LogP contribution in [0, 0.1) is 10.1 Å². The Labute approximate surface area is 154 Å². The summed E-state index contributed by atoms with van der Waals surface area (Å²) in [6, 6.07) is 11.9. The van der Waals surface area contributed by atoms with Gasteiger partial charge in [-0.15, -0.1) is 0 Å². The van der Waals surface area contributed by atoms with Gasteiger partial charge in [0.1, 0.15) is 30.2 Å². The van der Waals surface area contributed by atoms with Crippen molar-refractivity contribution in [2.24, 2.45) is 0 Å². The van der Waals surface area contributed by atoms with Crippen LogP contribution >= 0.6 is 0 Å². The summed E-state index contributed by atoms with van der Waals surface area (Å²) in [4.78, 5) is 10.2. The molecule has 0 aliphatic carbocycles. The zero-order valence-electron chi connectivity index (χ0n) is 14.1. The molecule has 1 saturated heterocycles. The number of nitro benzene ring substituents is 1. The van der Waals surface area contributed by atoms with Gasteiger partial charge < -0.3 is 29.9 Å². The Bertz CT molecular complexity index is 779. The molecular formula is C18H19NO8. The molecule has 1 fully saturated rings. The second-order valence-electron chi connectivity index (χ2n) is 6.19. The highest BCUT2D eigenvalue weighted by Gasteiger charge is 2.38. The molecule has 9 heteroatoms. The number of nitro groups is 1. The number of aliphatic hydroxyl groups is 4. The lowest BCUT2D eigenvalue weighted by molar-refractivity contribution is -0.384. The maximum Gasteiger partial charge on any atom is 0.269 e. The fraction of sp³-hybridized carbons (Fsp3) is 0.333. The summed E-state index contributed by atoms with van der Waals surface area (Å²) in [7, 11) is 0. The molecule has 4 N–H and O–H groups in total. The van der Waals surface area contributed by atoms with Crippen LogP contribution in [-0.2, 0) is 4.74 Å². The molecule has 5 atom stereocenters. The molecule has 0 aromatic heterocycles. The van der Waals surface area contributed by atoms with E-state index in [1.54, 1.807) is 24.3 Å². The van der Waals surface area contributed by atoms with Crippen LogP contribution in [0.1, 0.15) is 17.2 Å². The smallest absolute Gasteiger partial charge is 0.269 e. The van der Waals surface area contributed by atoms with E-state index in [-0.39, 0.29) is 12.3 Å². The minimum Gasteiger partial charge on any atom is -0.462 e. The van der Waals surface area contributed by atoms with Crippen LogP contribution in [0.3, 0.4) is 0 Å². The van der Waals surface area contributed by atoms with Gasteiger partial charge in [-0.3, -0.25) is 10.1 Å². The SMILES string of the molecule is O=[N+]([O-])c1ccc(C(O)c2ccc(O[C@H]3OC[C@@H](O)[C@H](O)[C@H]3O)cc2)cc1. The molecule has 0 bridgehead atoms. The maximum atomic E-state index is 10.7. The van der Waals surface area contributed by atoms with Gasteiger partial charge in [-0.1, -0.05) is 12.1 Å². The van der Waals surface area contributed by atoms with Crippen molar-refractivity contribution in [3.8, 4) is 5.75 Å². The zero-order chi connectivity index (χ0) is 19.6. The van der Waals surface area contributed by atoms with Gasteiger partial charge in [-0.05, 0) is 35.4 Å². The van der Waals surface area contributed by atoms with Crippen LogP contribution < -0.4 is 4.74 Å². The molecule has 3 rings (SSSR count). The molecule has 0 spiro atoms. The van der Waals surface area contributed by atoms with E-state index in [0.717, 1.165) is 0 Å². The van der Waals surface area contributed by atoms with Gasteiger partial charge >= 0.3 is 0 Å². The summed E-state index contributed by atoms with van der Waals surface area (Å²) in [5, 5.41) is 50.0. The lowest BCUT2D eigenvalue weighted by Gasteiger charge is -2.34. The average molecular weight is 377 g/mol. The second-order valence-corrected chi connectivity index (χ2v) is 6.19. The molecule has 27 heavy (non-hydrogen) atoms. The topological polar surface area (TPSA) is 143 Å². The van der Waals surface area contributed by atoms with Gasteiger partial charge in [-0.25, -0.2) is 0 Å². The second kappa shape index (κ2) is 7.99. The molecule has 0 saturated carbocycles. The summed E-state index contributed by atoms with van der Waals surface area (Å²) in [6.45, 7) is -0.167. The number of rotatable bonds is 5. The van der Waals surface area contributed by atoms with E-state index in [1.165, 1.54) is 24.3 Å². The van der Waals surface area contributed by atoms with E-state index in [4.69, 9.17) is 9.47 Å². The van der Waals surface area contributed by atoms with Gasteiger partial charge in [0.25, 0.3) is 5.69 Å². The van der Waals surface area contributed by atoms with Crippen LogP contribution in [0.15, 0.2) is 48.5 Å². The van der Waals surface area contributed by atoms with Crippen LogP contribution in [0.25, 0.3) is 0 Å². The Kier molecular flexibility index (Phi) is 5.68. The van der Waals surface area contributed by atoms with E-state index in [0.29, 0.717) is 16.9 Å². The minimum absolute atomic E-state index is 0.0620. The third-order valence-electron chi connectivity index (χ3n) is 4.32. The molecule has 1 aliphatic rings. The first-order valence-corrected chi connectivity index (χ1v) is 8.21. The van der Waals surface area contributed by atoms with E-state index in [9.17, 15) is 30.5 Å². The van der Waals surface area contributed by atoms with E-state index in [2.05, 4.69) is 0 Å². The number of ether oxygens (including phenoxy) is 2. The van der Waals surface area contributed by atoms with Gasteiger partial charge in [0, 0.05) is 12.1 Å². The maximum absolute atomic E-state index is 10.7. The summed E-state index contributed by atoms with van der Waals surface area (Å²) >= 11 is 0. The Morgan fingerprint density at radius 2 is 1.56 bits per heavy atom. The normalized spacial score (nSPS) is 26.4. The Hall–Kier alpha value is -2.56. The van der Waals surface area contributed by atoms with Crippen molar-refractivity contribution >= 4 is 5.69 Å². The van der Waals surface area contributed by atoms with Crippen molar-refractivity contribution in [2.75, 3.05) is 6.61 Å². The fourth-order valence-electron chi connectivity index (χ4n) is 2.72. The summed E-state index contributed by atoms with van der Waals surface area (Å²) in [5.74, 6) is 0.335. The average Bonchev–Trinajstić information content (AvgIpc) is 2.68. The van der Waals surface area contributed by atoms with Crippen LogP contribution in [0.2, 0.25) is 0 Å². The quantitative estimate of drug-likeness (QED) is 0.436. The largest absolute Gasteiger partial charge is 0.462 e. The van der Waals surface area contributed by atoms with Crippen LogP contribution in [0.4, 0.5) is 5.69 Å². The number of hydrogen-bond acceptors (Lipinski definition) is 8. The third-order valence-corrected chi connectivity index (χ3v) is 4.32. The van der Waals surface area contributed by atoms with Crippen molar-refractivity contribution in [3.63, 3.8) is 0 Å². The van der Waals surface area contributed by atoms with Crippen molar-refractivity contribution in [1.29, 1.82) is 0 Å². The Morgan fingerprint density at radius 3 is 2.11 bits per heavy atom. The van der Waals surface area contributed by atoms with Gasteiger partial charge in [-0.2, -0.15) is 0 Å². The van der Waals surface area contributed by atoms with Gasteiger partial charge in [0.15, 0.2) is 0 Å². The van der Waals surface area contributed by atoms with E-state index < -0.39 is 35.6 Å². The standard InChI is InChI=1S/C18H19NO8/c20-14-9-26-18(17(23)16(14)22)27-13-7-3-11(4-8-13)15(21)10-1-5-12(6-2-10)19(24)25/h1-8,14-18,20-23H,9H2/t14-,15?,16+,17-,18-/m1/s1. The van der Waals surface area contributed by atoms with Gasteiger partial charge in [0.05, 0.1) is 11.5 Å². The zero-order valence-corrected chi connectivity index (χ0v) is 14.1. The molecule has 144 valence electrons. The summed E-state index contributed by atoms with van der Waals surface area (Å²) in [6.07, 6.45) is -6.06. The summed E-state index contributed by atoms with van der Waals surface area (Å²) in [5.41, 5.74) is 0.974. The highest BCUT2D eigenvalue weighted by molar-refractivity contribution is 5.38. The third kappa shape index (κ3) is 4.24. The fourth-order valence-corrected chi connectivity index (χ4v) is 2.72. The van der Waals surface area contributed by atoms with Crippen LogP contribution in [0.5, 0.6) is 5.75 Å². The van der Waals surface area contributed by atoms with E-state index >= 15 is 0 Å². The first kappa shape index (κ1) is 19.2. The molecule has 0 amide bonds. The summed E-state index contributed by atoms with van der Waals surface area (Å²) < 4.78 is 10.6. The molecule has 9 nitrogen and oxygen atoms in total. The lowest BCUT2D eigenvalue weighted by Crippen LogP contribution is -2.54. The van der Waals surface area contributed by atoms with Gasteiger partial charge in [0.2, 0.25) is 6.29 Å². The monoisotopic (exact) mass is 377 g/mol. The number of nitrogens with zero attached hydrogens (tertiary/aromatic N) is 1. The minimum atomic E-state index is -1.40.